The Labute approximate surface area is 385 Å². The summed E-state index contributed by atoms with van der Waals surface area (Å²) in [6.45, 7) is 23.0. The van der Waals surface area contributed by atoms with Crippen molar-refractivity contribution in [1.29, 1.82) is 5.26 Å². The number of hydrogen-bond acceptors (Lipinski definition) is 9. The Kier molecular flexibility index (Phi) is 12.6. The summed E-state index contributed by atoms with van der Waals surface area (Å²) in [6.07, 6.45) is 23.5. The molecule has 352 valence electrons. The second-order valence-corrected chi connectivity index (χ2v) is 25.8. The zero-order valence-electron chi connectivity index (χ0n) is 40.5. The van der Waals surface area contributed by atoms with Crippen molar-refractivity contribution in [3.05, 3.63) is 59.3 Å². The Bertz CT molecular complexity index is 2200. The van der Waals surface area contributed by atoms with E-state index in [0.29, 0.717) is 86.7 Å². The number of fused-ring (bicyclic) bond motifs is 7. The van der Waals surface area contributed by atoms with Crippen LogP contribution in [0.3, 0.4) is 0 Å². The van der Waals surface area contributed by atoms with Crippen molar-refractivity contribution in [1.82, 2.24) is 10.3 Å². The Morgan fingerprint density at radius 2 is 1.70 bits per heavy atom. The van der Waals surface area contributed by atoms with Crippen LogP contribution in [0.4, 0.5) is 0 Å². The summed E-state index contributed by atoms with van der Waals surface area (Å²) >= 11 is 0. The lowest BCUT2D eigenvalue weighted by Crippen LogP contribution is -2.68. The lowest BCUT2D eigenvalue weighted by atomic mass is 9.33. The number of aromatic nitrogens is 1. The predicted octanol–water partition coefficient (Wildman–Crippen LogP) is 10.6. The van der Waals surface area contributed by atoms with Gasteiger partial charge < -0.3 is 19.9 Å². The first-order valence-corrected chi connectivity index (χ1v) is 26.9. The monoisotopic (exact) mass is 898 g/mol. The Hall–Kier alpha value is -3.00. The molecule has 0 radical (unpaired) electrons. The van der Waals surface area contributed by atoms with E-state index in [0.717, 1.165) is 32.2 Å². The van der Waals surface area contributed by atoms with E-state index < -0.39 is 20.9 Å². The van der Waals surface area contributed by atoms with Crippen LogP contribution < -0.4 is 10.1 Å². The number of rotatable bonds is 12. The van der Waals surface area contributed by atoms with Gasteiger partial charge in [0, 0.05) is 18.0 Å². The zero-order valence-corrected chi connectivity index (χ0v) is 41.3. The maximum absolute atomic E-state index is 13.6. The molecule has 0 aromatic carbocycles. The van der Waals surface area contributed by atoms with Gasteiger partial charge in [-0.1, -0.05) is 58.9 Å². The van der Waals surface area contributed by atoms with Gasteiger partial charge in [-0.3, -0.25) is 4.79 Å². The number of nitrogens with one attached hydrogen (secondary N) is 1. The van der Waals surface area contributed by atoms with Crippen molar-refractivity contribution in [2.24, 2.45) is 56.7 Å². The van der Waals surface area contributed by atoms with Gasteiger partial charge in [0.2, 0.25) is 5.88 Å². The summed E-state index contributed by atoms with van der Waals surface area (Å²) in [5, 5.41) is 25.1. The minimum Gasteiger partial charge on any atom is -0.475 e. The molecule has 0 amide bonds. The van der Waals surface area contributed by atoms with E-state index in [1.807, 2.05) is 6.92 Å². The first-order valence-electron chi connectivity index (χ1n) is 25.0. The molecule has 9 nitrogen and oxygen atoms in total. The summed E-state index contributed by atoms with van der Waals surface area (Å²) < 4.78 is 36.3. The SMILES string of the molecule is C=C(C)C1CC[C@]2(NCC[C@]3(O)CC[C@@H](S(C)(=O)=O)CC3)CC[C@]3(C)[C@H](CC[C@@H]4[C@@]5(C)CC=C(C6=CC[C@@](COc7ncccc7C#N)(C(=O)OCC)CC6)C(C)(C)[C@@H]5CC[C@]43C)[C@@H]12. The van der Waals surface area contributed by atoms with E-state index >= 15 is 0 Å². The molecule has 64 heavy (non-hydrogen) atoms. The van der Waals surface area contributed by atoms with Gasteiger partial charge in [-0.2, -0.15) is 5.26 Å². The van der Waals surface area contributed by atoms with Crippen molar-refractivity contribution in [3.63, 3.8) is 0 Å². The highest BCUT2D eigenvalue weighted by Gasteiger charge is 2.70. The van der Waals surface area contributed by atoms with Gasteiger partial charge >= 0.3 is 5.97 Å². The lowest BCUT2D eigenvalue weighted by molar-refractivity contribution is -0.221. The number of pyridine rings is 1. The van der Waals surface area contributed by atoms with E-state index in [-0.39, 0.29) is 50.9 Å². The molecule has 0 bridgehead atoms. The molecule has 8 rings (SSSR count). The van der Waals surface area contributed by atoms with Gasteiger partial charge in [0.25, 0.3) is 0 Å². The first-order chi connectivity index (χ1) is 30.1. The maximum atomic E-state index is 13.6. The van der Waals surface area contributed by atoms with Crippen LogP contribution in [0, 0.1) is 68.0 Å². The second kappa shape index (κ2) is 17.0. The molecule has 10 heteroatoms. The number of hydrogen-bond donors (Lipinski definition) is 2. The summed E-state index contributed by atoms with van der Waals surface area (Å²) in [4.78, 5) is 17.9. The van der Waals surface area contributed by atoms with Crippen LogP contribution in [-0.2, 0) is 19.4 Å². The third-order valence-corrected chi connectivity index (χ3v) is 21.9. The third-order valence-electron chi connectivity index (χ3n) is 20.2. The lowest BCUT2D eigenvalue weighted by Gasteiger charge is -2.72. The molecule has 0 saturated heterocycles. The minimum atomic E-state index is -3.08. The molecule has 1 aromatic heterocycles. The zero-order chi connectivity index (χ0) is 46.1. The largest absolute Gasteiger partial charge is 0.475 e. The van der Waals surface area contributed by atoms with Crippen LogP contribution in [0.1, 0.15) is 163 Å². The molecule has 10 atom stereocenters. The maximum Gasteiger partial charge on any atom is 0.315 e. The molecule has 2 N–H and O–H groups in total. The molecule has 5 fully saturated rings. The van der Waals surface area contributed by atoms with Gasteiger partial charge in [-0.25, -0.2) is 13.4 Å². The van der Waals surface area contributed by atoms with Crippen LogP contribution in [0.25, 0.3) is 0 Å². The molecular formula is C54H79N3O6S. The van der Waals surface area contributed by atoms with Gasteiger partial charge in [-0.05, 0) is 204 Å². The fourth-order valence-corrected chi connectivity index (χ4v) is 17.6. The third kappa shape index (κ3) is 7.75. The van der Waals surface area contributed by atoms with Gasteiger partial charge in [-0.15, -0.1) is 0 Å². The van der Waals surface area contributed by atoms with Gasteiger partial charge in [0.1, 0.15) is 33.5 Å². The molecule has 5 saturated carbocycles. The van der Waals surface area contributed by atoms with Crippen LogP contribution in [0.2, 0.25) is 0 Å². The number of carbonyl (C=O) groups is 1. The molecule has 7 aliphatic rings. The summed E-state index contributed by atoms with van der Waals surface area (Å²) in [5.74, 6) is 2.82. The highest BCUT2D eigenvalue weighted by molar-refractivity contribution is 7.91. The molecule has 0 spiro atoms. The highest BCUT2D eigenvalue weighted by Crippen LogP contribution is 2.76. The van der Waals surface area contributed by atoms with Crippen LogP contribution in [0.15, 0.2) is 53.8 Å². The number of ether oxygens (including phenoxy) is 2. The number of sulfone groups is 1. The minimum absolute atomic E-state index is 0.0236. The molecule has 1 unspecified atom stereocenters. The molecule has 0 aliphatic heterocycles. The smallest absolute Gasteiger partial charge is 0.315 e. The standard InChI is InChI=1S/C54H79N3O6S/c1-10-62-47(58)52(35-63-46-38(34-55)12-11-32-56-46)24-15-37(16-25-52)41-20-22-49(6)43(48(41,4)5)21-23-51(8)44(49)14-13-42-45-40(36(2)3)19-28-54(45,30-29-50(42,51)7)57-33-31-53(59)26-17-39(18-27-53)64(9,60)61/h11-12,15,20,32,39-40,42-45,57,59H,2,10,13-14,16-19,21-31,33,35H2,1,3-9H3/t39-,40?,42-,43+,44-,45-,49+,50-,51-,52-,53+,54+/m1/s1. The van der Waals surface area contributed by atoms with Crippen LogP contribution in [0.5, 0.6) is 5.88 Å². The molecular weight excluding hydrogens is 819 g/mol. The first kappa shape index (κ1) is 47.5. The topological polar surface area (TPSA) is 139 Å². The van der Waals surface area contributed by atoms with E-state index in [1.54, 1.807) is 18.3 Å². The normalized spacial score (nSPS) is 41.4. The molecule has 1 heterocycles. The van der Waals surface area contributed by atoms with Gasteiger partial charge in [0.15, 0.2) is 0 Å². The predicted molar refractivity (Wildman–Crippen MR) is 253 cm³/mol. The number of esters is 1. The number of aliphatic hydroxyl groups is 1. The average molecular weight is 898 g/mol. The van der Waals surface area contributed by atoms with Crippen molar-refractivity contribution >= 4 is 15.8 Å². The van der Waals surface area contributed by atoms with E-state index in [1.165, 1.54) is 61.5 Å². The number of nitrogens with zero attached hydrogens (tertiary/aromatic N) is 2. The molecule has 7 aliphatic carbocycles. The number of carbonyl (C=O) groups excluding carboxylic acids is 1. The van der Waals surface area contributed by atoms with E-state index in [2.05, 4.69) is 76.6 Å². The molecule has 1 aromatic rings. The number of nitriles is 1. The van der Waals surface area contributed by atoms with Crippen molar-refractivity contribution in [2.45, 2.75) is 174 Å². The summed E-state index contributed by atoms with van der Waals surface area (Å²) in [6, 6.07) is 5.56. The van der Waals surface area contributed by atoms with Crippen LogP contribution >= 0.6 is 0 Å². The Morgan fingerprint density at radius 1 is 0.953 bits per heavy atom. The van der Waals surface area contributed by atoms with Crippen molar-refractivity contribution < 1.29 is 27.8 Å². The average Bonchev–Trinajstić information content (AvgIpc) is 3.63. The Balaban J connectivity index is 1.00. The Morgan fingerprint density at radius 3 is 2.36 bits per heavy atom. The summed E-state index contributed by atoms with van der Waals surface area (Å²) in [5.41, 5.74) is 3.51. The van der Waals surface area contributed by atoms with Gasteiger partial charge in [0.05, 0.1) is 17.5 Å². The van der Waals surface area contributed by atoms with Crippen LogP contribution in [-0.4, -0.2) is 66.9 Å². The second-order valence-electron chi connectivity index (χ2n) is 23.5. The van der Waals surface area contributed by atoms with E-state index in [4.69, 9.17) is 9.47 Å². The quantitative estimate of drug-likeness (QED) is 0.155. The van der Waals surface area contributed by atoms with E-state index in [9.17, 15) is 23.6 Å². The van der Waals surface area contributed by atoms with Crippen molar-refractivity contribution in [2.75, 3.05) is 26.0 Å². The summed E-state index contributed by atoms with van der Waals surface area (Å²) in [7, 11) is -3.08. The number of allylic oxidation sites excluding steroid dienone is 5. The van der Waals surface area contributed by atoms with Crippen molar-refractivity contribution in [3.8, 4) is 11.9 Å². The fourth-order valence-electron chi connectivity index (χ4n) is 16.6. The fraction of sp³-hybridized carbons (Fsp3) is 0.759. The highest BCUT2D eigenvalue weighted by atomic mass is 32.2.